The van der Waals surface area contributed by atoms with E-state index >= 15 is 0 Å². The number of halogens is 1. The van der Waals surface area contributed by atoms with Gasteiger partial charge >= 0.3 is 0 Å². The van der Waals surface area contributed by atoms with Gasteiger partial charge in [0, 0.05) is 19.7 Å². The van der Waals surface area contributed by atoms with Crippen molar-refractivity contribution in [1.82, 2.24) is 10.6 Å². The third-order valence-corrected chi connectivity index (χ3v) is 5.19. The molecule has 0 radical (unpaired) electrons. The Morgan fingerprint density at radius 3 is 2.46 bits per heavy atom. The van der Waals surface area contributed by atoms with Gasteiger partial charge in [-0.25, -0.2) is 8.42 Å². The molecular weight excluding hydrogens is 465 g/mol. The van der Waals surface area contributed by atoms with E-state index in [4.69, 9.17) is 4.74 Å². The SMILES string of the molecule is CCNC(=NCCOCCC(C)C)NCCS(=O)(=O)c1ccccc1.I. The lowest BCUT2D eigenvalue weighted by molar-refractivity contribution is 0.130. The molecule has 0 spiro atoms. The molecule has 0 aliphatic heterocycles. The van der Waals surface area contributed by atoms with Crippen molar-refractivity contribution in [1.29, 1.82) is 0 Å². The van der Waals surface area contributed by atoms with Gasteiger partial charge in [-0.15, -0.1) is 24.0 Å². The van der Waals surface area contributed by atoms with Crippen LogP contribution in [0.5, 0.6) is 0 Å². The van der Waals surface area contributed by atoms with E-state index in [1.807, 2.05) is 6.92 Å². The molecule has 0 saturated heterocycles. The van der Waals surface area contributed by atoms with Crippen LogP contribution in [0.4, 0.5) is 0 Å². The van der Waals surface area contributed by atoms with Crippen LogP contribution in [0.15, 0.2) is 40.2 Å². The molecule has 1 aromatic rings. The first-order valence-electron chi connectivity index (χ1n) is 8.83. The highest BCUT2D eigenvalue weighted by Gasteiger charge is 2.13. The predicted molar refractivity (Wildman–Crippen MR) is 118 cm³/mol. The minimum atomic E-state index is -3.28. The van der Waals surface area contributed by atoms with Crippen LogP contribution >= 0.6 is 24.0 Å². The summed E-state index contributed by atoms with van der Waals surface area (Å²) in [5.74, 6) is 1.26. The van der Waals surface area contributed by atoms with E-state index in [-0.39, 0.29) is 29.7 Å². The quantitative estimate of drug-likeness (QED) is 0.213. The summed E-state index contributed by atoms with van der Waals surface area (Å²) >= 11 is 0. The van der Waals surface area contributed by atoms with Gasteiger partial charge in [-0.1, -0.05) is 32.0 Å². The lowest BCUT2D eigenvalue weighted by atomic mass is 10.1. The molecule has 0 aromatic heterocycles. The number of ether oxygens (including phenoxy) is 1. The summed E-state index contributed by atoms with van der Waals surface area (Å²) in [6.07, 6.45) is 1.04. The van der Waals surface area contributed by atoms with Crippen molar-refractivity contribution in [2.24, 2.45) is 10.9 Å². The fraction of sp³-hybridized carbons (Fsp3) is 0.611. The topological polar surface area (TPSA) is 79.8 Å². The van der Waals surface area contributed by atoms with Crippen LogP contribution in [0.1, 0.15) is 27.2 Å². The van der Waals surface area contributed by atoms with Crippen molar-refractivity contribution < 1.29 is 13.2 Å². The van der Waals surface area contributed by atoms with Gasteiger partial charge in [0.2, 0.25) is 0 Å². The number of hydrogen-bond acceptors (Lipinski definition) is 4. The molecule has 150 valence electrons. The molecular formula is C18H32IN3O3S. The Morgan fingerprint density at radius 1 is 1.15 bits per heavy atom. The first-order chi connectivity index (χ1) is 12.0. The van der Waals surface area contributed by atoms with Crippen LogP contribution in [-0.4, -0.2) is 53.0 Å². The summed E-state index contributed by atoms with van der Waals surface area (Å²) in [5, 5.41) is 6.17. The molecule has 1 rings (SSSR count). The second-order valence-corrected chi connectivity index (χ2v) is 8.22. The van der Waals surface area contributed by atoms with Crippen molar-refractivity contribution in [3.8, 4) is 0 Å². The van der Waals surface area contributed by atoms with Gasteiger partial charge in [0.1, 0.15) is 0 Å². The fourth-order valence-corrected chi connectivity index (χ4v) is 3.21. The summed E-state index contributed by atoms with van der Waals surface area (Å²) in [6, 6.07) is 8.49. The van der Waals surface area contributed by atoms with Crippen LogP contribution in [0, 0.1) is 5.92 Å². The molecule has 0 unspecified atom stereocenters. The molecule has 0 atom stereocenters. The number of nitrogens with zero attached hydrogens (tertiary/aromatic N) is 1. The van der Waals surface area contributed by atoms with Crippen LogP contribution in [0.2, 0.25) is 0 Å². The van der Waals surface area contributed by atoms with E-state index in [9.17, 15) is 8.42 Å². The summed E-state index contributed by atoms with van der Waals surface area (Å²) < 4.78 is 30.0. The zero-order chi connectivity index (χ0) is 18.5. The van der Waals surface area contributed by atoms with Crippen molar-refractivity contribution in [2.75, 3.05) is 38.6 Å². The van der Waals surface area contributed by atoms with Crippen LogP contribution < -0.4 is 10.6 Å². The molecule has 26 heavy (non-hydrogen) atoms. The molecule has 0 saturated carbocycles. The Morgan fingerprint density at radius 2 is 1.85 bits per heavy atom. The average molecular weight is 497 g/mol. The monoisotopic (exact) mass is 497 g/mol. The first-order valence-corrected chi connectivity index (χ1v) is 10.5. The lowest BCUT2D eigenvalue weighted by Crippen LogP contribution is -2.39. The van der Waals surface area contributed by atoms with E-state index in [0.29, 0.717) is 43.0 Å². The maximum Gasteiger partial charge on any atom is 0.191 e. The van der Waals surface area contributed by atoms with Crippen LogP contribution in [0.25, 0.3) is 0 Å². The molecule has 0 aliphatic carbocycles. The maximum atomic E-state index is 12.2. The number of hydrogen-bond donors (Lipinski definition) is 2. The normalized spacial score (nSPS) is 11.9. The summed E-state index contributed by atoms with van der Waals surface area (Å²) in [7, 11) is -3.28. The number of guanidine groups is 1. The van der Waals surface area contributed by atoms with Gasteiger partial charge in [0.15, 0.2) is 15.8 Å². The van der Waals surface area contributed by atoms with E-state index in [2.05, 4.69) is 29.5 Å². The maximum absolute atomic E-state index is 12.2. The summed E-state index contributed by atoms with van der Waals surface area (Å²) in [5.41, 5.74) is 0. The summed E-state index contributed by atoms with van der Waals surface area (Å²) in [4.78, 5) is 4.74. The standard InChI is InChI=1S/C18H31N3O3S.HI/c1-4-19-18(20-11-14-24-13-10-16(2)3)21-12-15-25(22,23)17-8-6-5-7-9-17;/h5-9,16H,4,10-15H2,1-3H3,(H2,19,20,21);1H. The molecule has 1 aromatic carbocycles. The van der Waals surface area contributed by atoms with E-state index < -0.39 is 9.84 Å². The molecule has 8 heteroatoms. The second kappa shape index (κ2) is 14.2. The Bertz CT molecular complexity index is 607. The Balaban J connectivity index is 0.00000625. The Kier molecular flexibility index (Phi) is 13.7. The zero-order valence-electron chi connectivity index (χ0n) is 15.9. The molecule has 0 fully saturated rings. The number of sulfone groups is 1. The third-order valence-electron chi connectivity index (χ3n) is 3.45. The highest BCUT2D eigenvalue weighted by molar-refractivity contribution is 14.0. The van der Waals surface area contributed by atoms with E-state index in [1.165, 1.54) is 0 Å². The number of aliphatic imine (C=N–C) groups is 1. The molecule has 0 amide bonds. The molecule has 0 aliphatic rings. The van der Waals surface area contributed by atoms with Crippen molar-refractivity contribution in [3.63, 3.8) is 0 Å². The van der Waals surface area contributed by atoms with Crippen molar-refractivity contribution in [3.05, 3.63) is 30.3 Å². The number of nitrogens with one attached hydrogen (secondary N) is 2. The predicted octanol–water partition coefficient (Wildman–Crippen LogP) is 2.70. The molecule has 6 nitrogen and oxygen atoms in total. The Labute approximate surface area is 175 Å². The van der Waals surface area contributed by atoms with Crippen molar-refractivity contribution >= 4 is 39.8 Å². The van der Waals surface area contributed by atoms with E-state index in [0.717, 1.165) is 13.0 Å². The lowest BCUT2D eigenvalue weighted by Gasteiger charge is -2.12. The first kappa shape index (κ1) is 25.1. The van der Waals surface area contributed by atoms with Gasteiger partial charge in [-0.2, -0.15) is 0 Å². The van der Waals surface area contributed by atoms with Crippen molar-refractivity contribution in [2.45, 2.75) is 32.1 Å². The third kappa shape index (κ3) is 11.0. The Hall–Kier alpha value is -0.870. The van der Waals surface area contributed by atoms with Crippen LogP contribution in [-0.2, 0) is 14.6 Å². The number of benzene rings is 1. The summed E-state index contributed by atoms with van der Waals surface area (Å²) in [6.45, 7) is 9.16. The van der Waals surface area contributed by atoms with Gasteiger partial charge in [-0.05, 0) is 31.4 Å². The minimum Gasteiger partial charge on any atom is -0.380 e. The second-order valence-electron chi connectivity index (χ2n) is 6.11. The minimum absolute atomic E-state index is 0. The largest absolute Gasteiger partial charge is 0.380 e. The van der Waals surface area contributed by atoms with Crippen LogP contribution in [0.3, 0.4) is 0 Å². The van der Waals surface area contributed by atoms with Gasteiger partial charge < -0.3 is 15.4 Å². The van der Waals surface area contributed by atoms with Gasteiger partial charge in [0.05, 0.1) is 23.8 Å². The highest BCUT2D eigenvalue weighted by atomic mass is 127. The number of rotatable bonds is 11. The zero-order valence-corrected chi connectivity index (χ0v) is 19.0. The average Bonchev–Trinajstić information content (AvgIpc) is 2.58. The fourth-order valence-electron chi connectivity index (χ4n) is 2.03. The highest BCUT2D eigenvalue weighted by Crippen LogP contribution is 2.09. The van der Waals surface area contributed by atoms with Gasteiger partial charge in [-0.3, -0.25) is 4.99 Å². The molecule has 0 bridgehead atoms. The van der Waals surface area contributed by atoms with Gasteiger partial charge in [0.25, 0.3) is 0 Å². The van der Waals surface area contributed by atoms with E-state index in [1.54, 1.807) is 30.3 Å². The molecule has 2 N–H and O–H groups in total. The molecule has 0 heterocycles. The smallest absolute Gasteiger partial charge is 0.191 e.